The van der Waals surface area contributed by atoms with Crippen molar-refractivity contribution >= 4 is 35.8 Å². The van der Waals surface area contributed by atoms with Crippen LogP contribution in [0.4, 0.5) is 0 Å². The number of hydrogen-bond donors (Lipinski definition) is 2. The first kappa shape index (κ1) is 22.9. The number of guanidine groups is 1. The smallest absolute Gasteiger partial charge is 0.244 e. The van der Waals surface area contributed by atoms with Gasteiger partial charge in [0.25, 0.3) is 0 Å². The normalized spacial score (nSPS) is 18.2. The lowest BCUT2D eigenvalue weighted by molar-refractivity contribution is -0.128. The fourth-order valence-electron chi connectivity index (χ4n) is 3.82. The molecule has 156 valence electrons. The first-order valence-corrected chi connectivity index (χ1v) is 10.3. The maximum absolute atomic E-state index is 12.2. The van der Waals surface area contributed by atoms with E-state index < -0.39 is 0 Å². The number of carbonyl (C=O) groups is 1. The Balaban J connectivity index is 0.00000280. The van der Waals surface area contributed by atoms with Gasteiger partial charge in [0.15, 0.2) is 5.96 Å². The number of amides is 1. The summed E-state index contributed by atoms with van der Waals surface area (Å²) < 4.78 is 0. The molecule has 1 unspecified atom stereocenters. The Kier molecular flexibility index (Phi) is 9.50. The predicted molar refractivity (Wildman–Crippen MR) is 125 cm³/mol. The number of nitrogens with one attached hydrogen (secondary N) is 2. The summed E-state index contributed by atoms with van der Waals surface area (Å²) in [6.07, 6.45) is 3.34. The van der Waals surface area contributed by atoms with E-state index in [1.54, 1.807) is 0 Å². The minimum atomic E-state index is 0. The number of hydrogen-bond acceptors (Lipinski definition) is 3. The molecule has 0 saturated carbocycles. The molecular weight excluding hydrogens is 465 g/mol. The molecule has 0 aromatic heterocycles. The van der Waals surface area contributed by atoms with E-state index in [-0.39, 0.29) is 36.4 Å². The van der Waals surface area contributed by atoms with Crippen molar-refractivity contribution in [2.24, 2.45) is 4.99 Å². The van der Waals surface area contributed by atoms with E-state index >= 15 is 0 Å². The number of aliphatic imine (C=N–C) groups is 1. The van der Waals surface area contributed by atoms with Crippen LogP contribution in [0.5, 0.6) is 0 Å². The first-order chi connectivity index (χ1) is 13.2. The summed E-state index contributed by atoms with van der Waals surface area (Å²) in [5, 5.41) is 6.67. The molecule has 2 N–H and O–H groups in total. The zero-order chi connectivity index (χ0) is 19.1. The van der Waals surface area contributed by atoms with E-state index in [9.17, 15) is 4.79 Å². The van der Waals surface area contributed by atoms with E-state index in [1.807, 2.05) is 11.8 Å². The average Bonchev–Trinajstić information content (AvgIpc) is 3.24. The maximum Gasteiger partial charge on any atom is 0.244 e. The molecule has 6 nitrogen and oxygen atoms in total. The van der Waals surface area contributed by atoms with Gasteiger partial charge in [0, 0.05) is 45.3 Å². The molecule has 1 fully saturated rings. The SMILES string of the molecule is CCNC(=NCC(=O)N1CCCC1)NCC(C)N1CCc2ccccc2C1.I. The molecule has 7 heteroatoms. The molecule has 1 saturated heterocycles. The second-order valence-electron chi connectivity index (χ2n) is 7.50. The Morgan fingerprint density at radius 2 is 1.86 bits per heavy atom. The van der Waals surface area contributed by atoms with Gasteiger partial charge in [0.1, 0.15) is 6.54 Å². The molecule has 0 aliphatic carbocycles. The van der Waals surface area contributed by atoms with Gasteiger partial charge < -0.3 is 15.5 Å². The summed E-state index contributed by atoms with van der Waals surface area (Å²) in [5.41, 5.74) is 2.91. The highest BCUT2D eigenvalue weighted by atomic mass is 127. The highest BCUT2D eigenvalue weighted by molar-refractivity contribution is 14.0. The molecule has 2 aliphatic rings. The van der Waals surface area contributed by atoms with Gasteiger partial charge in [-0.25, -0.2) is 4.99 Å². The number of carbonyl (C=O) groups excluding carboxylic acids is 1. The van der Waals surface area contributed by atoms with Crippen LogP contribution >= 0.6 is 24.0 Å². The van der Waals surface area contributed by atoms with Gasteiger partial charge in [-0.3, -0.25) is 9.69 Å². The van der Waals surface area contributed by atoms with Crippen LogP contribution in [0.15, 0.2) is 29.3 Å². The van der Waals surface area contributed by atoms with E-state index in [1.165, 1.54) is 11.1 Å². The van der Waals surface area contributed by atoms with Crippen molar-refractivity contribution in [1.82, 2.24) is 20.4 Å². The number of likely N-dealkylation sites (tertiary alicyclic amines) is 1. The van der Waals surface area contributed by atoms with Gasteiger partial charge >= 0.3 is 0 Å². The molecule has 3 rings (SSSR count). The minimum Gasteiger partial charge on any atom is -0.357 e. The second kappa shape index (κ2) is 11.6. The van der Waals surface area contributed by atoms with Crippen LogP contribution < -0.4 is 10.6 Å². The average molecular weight is 499 g/mol. The molecule has 28 heavy (non-hydrogen) atoms. The molecule has 1 aromatic carbocycles. The van der Waals surface area contributed by atoms with Gasteiger partial charge in [-0.05, 0) is 44.2 Å². The molecule has 2 heterocycles. The van der Waals surface area contributed by atoms with Gasteiger partial charge in [-0.15, -0.1) is 24.0 Å². The first-order valence-electron chi connectivity index (χ1n) is 10.3. The van der Waals surface area contributed by atoms with Gasteiger partial charge in [-0.1, -0.05) is 24.3 Å². The van der Waals surface area contributed by atoms with Crippen LogP contribution in [0.3, 0.4) is 0 Å². The van der Waals surface area contributed by atoms with Crippen molar-refractivity contribution < 1.29 is 4.79 Å². The summed E-state index contributed by atoms with van der Waals surface area (Å²) >= 11 is 0. The van der Waals surface area contributed by atoms with Crippen molar-refractivity contribution in [2.45, 2.75) is 45.7 Å². The molecule has 2 aliphatic heterocycles. The third kappa shape index (κ3) is 6.34. The highest BCUT2D eigenvalue weighted by Crippen LogP contribution is 2.19. The molecule has 1 aromatic rings. The Morgan fingerprint density at radius 3 is 2.57 bits per heavy atom. The van der Waals surface area contributed by atoms with E-state index in [0.29, 0.717) is 6.04 Å². The third-order valence-electron chi connectivity index (χ3n) is 5.52. The number of rotatable bonds is 6. The number of fused-ring (bicyclic) bond motifs is 1. The van der Waals surface area contributed by atoms with Gasteiger partial charge in [0.05, 0.1) is 0 Å². The lowest BCUT2D eigenvalue weighted by Gasteiger charge is -2.34. The van der Waals surface area contributed by atoms with Crippen LogP contribution in [0, 0.1) is 0 Å². The monoisotopic (exact) mass is 499 g/mol. The quantitative estimate of drug-likeness (QED) is 0.358. The second-order valence-corrected chi connectivity index (χ2v) is 7.50. The molecular formula is C21H34IN5O. The van der Waals surface area contributed by atoms with Crippen molar-refractivity contribution in [1.29, 1.82) is 0 Å². The van der Waals surface area contributed by atoms with Crippen molar-refractivity contribution in [3.8, 4) is 0 Å². The summed E-state index contributed by atoms with van der Waals surface area (Å²) in [5.74, 6) is 0.861. The lowest BCUT2D eigenvalue weighted by atomic mass is 9.99. The van der Waals surface area contributed by atoms with Gasteiger partial charge in [-0.2, -0.15) is 0 Å². The van der Waals surface area contributed by atoms with Crippen molar-refractivity contribution in [3.63, 3.8) is 0 Å². The zero-order valence-corrected chi connectivity index (χ0v) is 19.4. The fourth-order valence-corrected chi connectivity index (χ4v) is 3.82. The molecule has 0 radical (unpaired) electrons. The van der Waals surface area contributed by atoms with E-state index in [4.69, 9.17) is 0 Å². The van der Waals surface area contributed by atoms with Gasteiger partial charge in [0.2, 0.25) is 5.91 Å². The summed E-state index contributed by atoms with van der Waals surface area (Å²) in [7, 11) is 0. The van der Waals surface area contributed by atoms with E-state index in [0.717, 1.165) is 64.5 Å². The standard InChI is InChI=1S/C21H33N5O.HI/c1-3-22-21(24-15-20(27)25-11-6-7-12-25)23-14-17(2)26-13-10-18-8-4-5-9-19(18)16-26;/h4-5,8-9,17H,3,6-7,10-16H2,1-2H3,(H2,22,23,24);1H. The van der Waals surface area contributed by atoms with Crippen molar-refractivity contribution in [3.05, 3.63) is 35.4 Å². The molecule has 0 spiro atoms. The highest BCUT2D eigenvalue weighted by Gasteiger charge is 2.21. The van der Waals surface area contributed by atoms with Crippen LogP contribution in [0.1, 0.15) is 37.8 Å². The topological polar surface area (TPSA) is 60.0 Å². The molecule has 1 atom stereocenters. The maximum atomic E-state index is 12.2. The molecule has 0 bridgehead atoms. The van der Waals surface area contributed by atoms with Crippen LogP contribution in [-0.4, -0.2) is 67.0 Å². The Bertz CT molecular complexity index is 660. The number of halogens is 1. The summed E-state index contributed by atoms with van der Waals surface area (Å²) in [6, 6.07) is 9.12. The minimum absolute atomic E-state index is 0. The Morgan fingerprint density at radius 1 is 1.14 bits per heavy atom. The van der Waals surface area contributed by atoms with Crippen molar-refractivity contribution in [2.75, 3.05) is 39.3 Å². The number of nitrogens with zero attached hydrogens (tertiary/aromatic N) is 3. The lowest BCUT2D eigenvalue weighted by Crippen LogP contribution is -2.47. The Hall–Kier alpha value is -1.35. The van der Waals surface area contributed by atoms with Crippen LogP contribution in [0.25, 0.3) is 0 Å². The van der Waals surface area contributed by atoms with E-state index in [2.05, 4.69) is 51.7 Å². The third-order valence-corrected chi connectivity index (χ3v) is 5.52. The van der Waals surface area contributed by atoms with Crippen LogP contribution in [-0.2, 0) is 17.8 Å². The fraction of sp³-hybridized carbons (Fsp3) is 0.619. The zero-order valence-electron chi connectivity index (χ0n) is 17.1. The summed E-state index contributed by atoms with van der Waals surface area (Å²) in [4.78, 5) is 21.1. The predicted octanol–water partition coefficient (Wildman–Crippen LogP) is 2.23. The number of benzene rings is 1. The van der Waals surface area contributed by atoms with Crippen LogP contribution in [0.2, 0.25) is 0 Å². The largest absolute Gasteiger partial charge is 0.357 e. The molecule has 1 amide bonds. The Labute approximate surface area is 186 Å². The summed E-state index contributed by atoms with van der Waals surface area (Å²) in [6.45, 7) is 9.96.